The molecule has 0 spiro atoms. The highest BCUT2D eigenvalue weighted by Crippen LogP contribution is 2.75. The zero-order valence-corrected chi connectivity index (χ0v) is 22.6. The van der Waals surface area contributed by atoms with Gasteiger partial charge in [-0.15, -0.1) is 0 Å². The monoisotopic (exact) mass is 502 g/mol. The lowest BCUT2D eigenvalue weighted by Gasteiger charge is -2.72. The molecule has 6 heteroatoms. The third-order valence-electron chi connectivity index (χ3n) is 13.3. The standard InChI is InChI=1S/C30H46O6/c1-16-9-12-30(25(35)36)14-13-27(4)18(21(30)17(16)2)7-8-20-28(27,5)11-10-19-26(3,15-31)23(33)22(32)24(34)29(19,20)6/h7,17,19-24,31-34H,1,8-15H2,2-6H3,(H,35,36)/t17-,19-,20-,21-,22-,23+,24+,26+,27+,28+,29-,30-/m0/s1. The van der Waals surface area contributed by atoms with Gasteiger partial charge in [-0.3, -0.25) is 4.79 Å². The molecule has 6 nitrogen and oxygen atoms in total. The number of allylic oxidation sites excluding steroid dienone is 3. The molecule has 0 aromatic heterocycles. The predicted molar refractivity (Wildman–Crippen MR) is 137 cm³/mol. The van der Waals surface area contributed by atoms with E-state index < -0.39 is 40.5 Å². The summed E-state index contributed by atoms with van der Waals surface area (Å²) in [5, 5.41) is 54.4. The summed E-state index contributed by atoms with van der Waals surface area (Å²) in [6.45, 7) is 14.8. The molecule has 0 aromatic rings. The minimum absolute atomic E-state index is 0.0277. The largest absolute Gasteiger partial charge is 0.481 e. The van der Waals surface area contributed by atoms with Crippen molar-refractivity contribution in [1.29, 1.82) is 0 Å². The molecule has 0 heterocycles. The number of aliphatic hydroxyl groups excluding tert-OH is 4. The van der Waals surface area contributed by atoms with E-state index in [2.05, 4.69) is 40.3 Å². The number of hydrogen-bond acceptors (Lipinski definition) is 5. The Kier molecular flexibility index (Phi) is 5.80. The third-order valence-corrected chi connectivity index (χ3v) is 13.3. The van der Waals surface area contributed by atoms with Crippen molar-refractivity contribution < 1.29 is 30.3 Å². The van der Waals surface area contributed by atoms with Crippen LogP contribution in [0.3, 0.4) is 0 Å². The van der Waals surface area contributed by atoms with Crippen molar-refractivity contribution in [3.63, 3.8) is 0 Å². The van der Waals surface area contributed by atoms with Gasteiger partial charge in [-0.25, -0.2) is 0 Å². The first-order chi connectivity index (χ1) is 16.7. The minimum Gasteiger partial charge on any atom is -0.481 e. The molecule has 202 valence electrons. The maximum absolute atomic E-state index is 12.8. The van der Waals surface area contributed by atoms with Crippen LogP contribution in [-0.2, 0) is 4.79 Å². The van der Waals surface area contributed by atoms with Crippen LogP contribution in [0, 0.1) is 50.7 Å². The van der Waals surface area contributed by atoms with Crippen molar-refractivity contribution in [2.45, 2.75) is 97.9 Å². The Morgan fingerprint density at radius 1 is 1.03 bits per heavy atom. The summed E-state index contributed by atoms with van der Waals surface area (Å²) in [5.74, 6) is -0.779. The van der Waals surface area contributed by atoms with Gasteiger partial charge in [0.1, 0.15) is 6.10 Å². The van der Waals surface area contributed by atoms with E-state index in [1.807, 2.05) is 6.92 Å². The normalized spacial score (nSPS) is 56.5. The Hall–Kier alpha value is -1.21. The van der Waals surface area contributed by atoms with Crippen molar-refractivity contribution in [2.24, 2.45) is 50.7 Å². The summed E-state index contributed by atoms with van der Waals surface area (Å²) < 4.78 is 0. The molecule has 0 saturated heterocycles. The Morgan fingerprint density at radius 3 is 2.31 bits per heavy atom. The predicted octanol–water partition coefficient (Wildman–Crippen LogP) is 3.92. The number of carboxylic acids is 1. The van der Waals surface area contributed by atoms with Gasteiger partial charge in [-0.2, -0.15) is 0 Å². The average molecular weight is 503 g/mol. The lowest BCUT2D eigenvalue weighted by molar-refractivity contribution is -0.287. The summed E-state index contributed by atoms with van der Waals surface area (Å²) >= 11 is 0. The van der Waals surface area contributed by atoms with E-state index in [4.69, 9.17) is 0 Å². The molecule has 5 aliphatic rings. The van der Waals surface area contributed by atoms with Crippen LogP contribution in [-0.4, -0.2) is 56.4 Å². The van der Waals surface area contributed by atoms with Gasteiger partial charge >= 0.3 is 5.97 Å². The SMILES string of the molecule is C=C1CC[C@]2(C(=O)O)CC[C@]3(C)C(=CC[C@@H]4[C@@]5(C)[C@H](O)[C@@H](O)[C@@H](O)[C@](C)(CO)[C@@H]5CC[C@]43C)[C@@H]2[C@H]1C. The van der Waals surface area contributed by atoms with Crippen molar-refractivity contribution in [2.75, 3.05) is 6.61 Å². The summed E-state index contributed by atoms with van der Waals surface area (Å²) in [6, 6.07) is 0. The van der Waals surface area contributed by atoms with Crippen molar-refractivity contribution in [3.05, 3.63) is 23.8 Å². The molecule has 36 heavy (non-hydrogen) atoms. The summed E-state index contributed by atoms with van der Waals surface area (Å²) in [6.07, 6.45) is 3.81. The Morgan fingerprint density at radius 2 is 1.69 bits per heavy atom. The van der Waals surface area contributed by atoms with Gasteiger partial charge in [0, 0.05) is 16.7 Å². The highest BCUT2D eigenvalue weighted by atomic mass is 16.4. The minimum atomic E-state index is -1.32. The zero-order valence-electron chi connectivity index (χ0n) is 22.6. The lowest BCUT2D eigenvalue weighted by atomic mass is 9.33. The van der Waals surface area contributed by atoms with Crippen LogP contribution >= 0.6 is 0 Å². The van der Waals surface area contributed by atoms with Crippen LogP contribution in [0.5, 0.6) is 0 Å². The first-order valence-electron chi connectivity index (χ1n) is 13.9. The molecule has 0 bridgehead atoms. The van der Waals surface area contributed by atoms with Crippen LogP contribution in [0.15, 0.2) is 23.8 Å². The number of carboxylic acid groups (broad SMARTS) is 1. The molecule has 0 aliphatic heterocycles. The molecule has 5 rings (SSSR count). The third kappa shape index (κ3) is 2.80. The van der Waals surface area contributed by atoms with E-state index in [1.165, 1.54) is 5.57 Å². The number of rotatable bonds is 2. The van der Waals surface area contributed by atoms with E-state index >= 15 is 0 Å². The van der Waals surface area contributed by atoms with Crippen LogP contribution in [0.1, 0.15) is 79.6 Å². The molecule has 12 atom stereocenters. The first-order valence-corrected chi connectivity index (χ1v) is 13.9. The number of aliphatic carboxylic acids is 1. The molecular formula is C30H46O6. The summed E-state index contributed by atoms with van der Waals surface area (Å²) in [7, 11) is 0. The second-order valence-corrected chi connectivity index (χ2v) is 14.1. The number of carbonyl (C=O) groups is 1. The zero-order chi connectivity index (χ0) is 26.6. The Bertz CT molecular complexity index is 1010. The van der Waals surface area contributed by atoms with Crippen LogP contribution in [0.25, 0.3) is 0 Å². The smallest absolute Gasteiger partial charge is 0.310 e. The van der Waals surface area contributed by atoms with Gasteiger partial charge < -0.3 is 25.5 Å². The fourth-order valence-corrected chi connectivity index (χ4v) is 10.7. The van der Waals surface area contributed by atoms with E-state index in [0.29, 0.717) is 19.3 Å². The number of fused-ring (bicyclic) bond motifs is 7. The van der Waals surface area contributed by atoms with Gasteiger partial charge in [0.05, 0.1) is 24.2 Å². The maximum Gasteiger partial charge on any atom is 0.310 e. The molecule has 0 amide bonds. The van der Waals surface area contributed by atoms with Crippen molar-refractivity contribution in [1.82, 2.24) is 0 Å². The van der Waals surface area contributed by atoms with Crippen LogP contribution in [0.2, 0.25) is 0 Å². The molecular weight excluding hydrogens is 456 g/mol. The van der Waals surface area contributed by atoms with E-state index in [-0.39, 0.29) is 41.1 Å². The van der Waals surface area contributed by atoms with E-state index in [9.17, 15) is 30.3 Å². The Labute approximate surface area is 215 Å². The second kappa shape index (κ2) is 7.91. The fraction of sp³-hybridized carbons (Fsp3) is 0.833. The average Bonchev–Trinajstić information content (AvgIpc) is 2.84. The second-order valence-electron chi connectivity index (χ2n) is 14.1. The van der Waals surface area contributed by atoms with Crippen molar-refractivity contribution in [3.8, 4) is 0 Å². The molecule has 5 N–H and O–H groups in total. The molecule has 0 radical (unpaired) electrons. The van der Waals surface area contributed by atoms with E-state index in [1.54, 1.807) is 0 Å². The highest BCUT2D eigenvalue weighted by Gasteiger charge is 2.72. The topological polar surface area (TPSA) is 118 Å². The Balaban J connectivity index is 1.66. The quantitative estimate of drug-likeness (QED) is 0.365. The number of hydrogen-bond donors (Lipinski definition) is 5. The van der Waals surface area contributed by atoms with Crippen LogP contribution < -0.4 is 0 Å². The molecule has 4 saturated carbocycles. The van der Waals surface area contributed by atoms with Crippen molar-refractivity contribution >= 4 is 5.97 Å². The summed E-state index contributed by atoms with van der Waals surface area (Å²) in [5.41, 5.74) is -0.404. The van der Waals surface area contributed by atoms with Gasteiger partial charge in [-0.1, -0.05) is 58.4 Å². The van der Waals surface area contributed by atoms with Crippen LogP contribution in [0.4, 0.5) is 0 Å². The summed E-state index contributed by atoms with van der Waals surface area (Å²) in [4.78, 5) is 12.8. The van der Waals surface area contributed by atoms with Gasteiger partial charge in [0.25, 0.3) is 0 Å². The number of aliphatic hydroxyl groups is 4. The van der Waals surface area contributed by atoms with Gasteiger partial charge in [0.2, 0.25) is 0 Å². The molecule has 0 aromatic carbocycles. The van der Waals surface area contributed by atoms with Gasteiger partial charge in [-0.05, 0) is 73.5 Å². The first kappa shape index (κ1) is 26.4. The lowest BCUT2D eigenvalue weighted by Crippen LogP contribution is -2.73. The molecule has 5 aliphatic carbocycles. The van der Waals surface area contributed by atoms with Gasteiger partial charge in [0.15, 0.2) is 0 Å². The van der Waals surface area contributed by atoms with E-state index in [0.717, 1.165) is 31.3 Å². The highest BCUT2D eigenvalue weighted by molar-refractivity contribution is 5.77. The molecule has 0 unspecified atom stereocenters. The molecule has 4 fully saturated rings. The fourth-order valence-electron chi connectivity index (χ4n) is 10.7. The maximum atomic E-state index is 12.8.